The standard InChI is InChI=1S/C24H19ClFNO3/c25-21-11-16(8-9-22(21)26)19-12-20(19)18-6-1-2-7-23(18)27(14-28)13-15-4-3-5-17(10-15)24(29)30/h1-11,14,19-20H,12-13H2,(H,29,30). The number of anilines is 1. The topological polar surface area (TPSA) is 57.6 Å². The molecule has 4 nitrogen and oxygen atoms in total. The van der Waals surface area contributed by atoms with Crippen LogP contribution in [0.1, 0.15) is 45.3 Å². The van der Waals surface area contributed by atoms with Gasteiger partial charge in [-0.05, 0) is 65.3 Å². The van der Waals surface area contributed by atoms with E-state index in [-0.39, 0.29) is 29.0 Å². The first kappa shape index (κ1) is 20.1. The van der Waals surface area contributed by atoms with Crippen molar-refractivity contribution >= 4 is 29.7 Å². The predicted molar refractivity (Wildman–Crippen MR) is 114 cm³/mol. The predicted octanol–water partition coefficient (Wildman–Crippen LogP) is 5.61. The van der Waals surface area contributed by atoms with Gasteiger partial charge in [0.25, 0.3) is 0 Å². The van der Waals surface area contributed by atoms with E-state index in [1.165, 1.54) is 12.1 Å². The number of amides is 1. The summed E-state index contributed by atoms with van der Waals surface area (Å²) in [6, 6.07) is 19.0. The van der Waals surface area contributed by atoms with Gasteiger partial charge in [0.2, 0.25) is 6.41 Å². The summed E-state index contributed by atoms with van der Waals surface area (Å²) in [5.41, 5.74) is 3.71. The van der Waals surface area contributed by atoms with Gasteiger partial charge in [0.1, 0.15) is 5.82 Å². The first-order chi connectivity index (χ1) is 14.5. The second-order valence-electron chi connectivity index (χ2n) is 7.42. The number of carbonyl (C=O) groups excluding carboxylic acids is 1. The van der Waals surface area contributed by atoms with E-state index in [1.54, 1.807) is 35.2 Å². The van der Waals surface area contributed by atoms with Gasteiger partial charge in [-0.15, -0.1) is 0 Å². The highest BCUT2D eigenvalue weighted by atomic mass is 35.5. The van der Waals surface area contributed by atoms with Crippen LogP contribution < -0.4 is 4.90 Å². The molecule has 2 atom stereocenters. The third-order valence-corrected chi connectivity index (χ3v) is 5.75. The minimum atomic E-state index is -1.01. The maximum absolute atomic E-state index is 13.5. The Bertz CT molecular complexity index is 1120. The molecule has 2 unspecified atom stereocenters. The number of halogens is 2. The van der Waals surface area contributed by atoms with Gasteiger partial charge in [0.15, 0.2) is 0 Å². The van der Waals surface area contributed by atoms with Crippen LogP contribution in [0, 0.1) is 5.82 Å². The van der Waals surface area contributed by atoms with E-state index in [0.29, 0.717) is 0 Å². The molecule has 152 valence electrons. The zero-order chi connectivity index (χ0) is 21.3. The lowest BCUT2D eigenvalue weighted by Crippen LogP contribution is -2.22. The third kappa shape index (κ3) is 4.07. The molecule has 0 heterocycles. The average molecular weight is 424 g/mol. The Kier molecular flexibility index (Phi) is 5.55. The molecule has 0 aliphatic heterocycles. The molecule has 1 N–H and O–H groups in total. The number of para-hydroxylation sites is 1. The molecule has 1 aliphatic carbocycles. The number of carboxylic acids is 1. The lowest BCUT2D eigenvalue weighted by Gasteiger charge is -2.21. The largest absolute Gasteiger partial charge is 0.478 e. The summed E-state index contributed by atoms with van der Waals surface area (Å²) in [7, 11) is 0. The number of nitrogens with zero attached hydrogens (tertiary/aromatic N) is 1. The Morgan fingerprint density at radius 2 is 1.90 bits per heavy atom. The van der Waals surface area contributed by atoms with Crippen LogP contribution in [-0.2, 0) is 11.3 Å². The number of carboxylic acid groups (broad SMARTS) is 1. The van der Waals surface area contributed by atoms with Crippen LogP contribution in [-0.4, -0.2) is 17.5 Å². The van der Waals surface area contributed by atoms with Crippen molar-refractivity contribution < 1.29 is 19.1 Å². The van der Waals surface area contributed by atoms with Crippen LogP contribution in [0.15, 0.2) is 66.7 Å². The Morgan fingerprint density at radius 3 is 2.63 bits per heavy atom. The van der Waals surface area contributed by atoms with E-state index in [2.05, 4.69) is 0 Å². The van der Waals surface area contributed by atoms with Crippen molar-refractivity contribution in [2.45, 2.75) is 24.8 Å². The summed E-state index contributed by atoms with van der Waals surface area (Å²) in [6.07, 6.45) is 1.65. The maximum atomic E-state index is 13.5. The molecule has 1 aliphatic rings. The number of benzene rings is 3. The molecule has 3 aromatic rings. The monoisotopic (exact) mass is 423 g/mol. The fourth-order valence-corrected chi connectivity index (χ4v) is 4.08. The second-order valence-corrected chi connectivity index (χ2v) is 7.83. The van der Waals surface area contributed by atoms with Crippen LogP contribution in [0.3, 0.4) is 0 Å². The molecular weight excluding hydrogens is 405 g/mol. The molecule has 4 rings (SSSR count). The highest BCUT2D eigenvalue weighted by Crippen LogP contribution is 2.56. The van der Waals surface area contributed by atoms with Gasteiger partial charge in [0.05, 0.1) is 17.1 Å². The van der Waals surface area contributed by atoms with Gasteiger partial charge in [-0.1, -0.05) is 48.0 Å². The van der Waals surface area contributed by atoms with Crippen LogP contribution in [0.25, 0.3) is 0 Å². The van der Waals surface area contributed by atoms with Crippen molar-refractivity contribution in [1.82, 2.24) is 0 Å². The minimum Gasteiger partial charge on any atom is -0.478 e. The zero-order valence-corrected chi connectivity index (χ0v) is 16.7. The Hall–Kier alpha value is -3.18. The number of rotatable bonds is 7. The van der Waals surface area contributed by atoms with Gasteiger partial charge in [-0.25, -0.2) is 9.18 Å². The van der Waals surface area contributed by atoms with Crippen molar-refractivity contribution in [2.24, 2.45) is 0 Å². The summed E-state index contributed by atoms with van der Waals surface area (Å²) in [5.74, 6) is -1.02. The summed E-state index contributed by atoms with van der Waals surface area (Å²) in [5, 5.41) is 9.31. The summed E-state index contributed by atoms with van der Waals surface area (Å²) in [4.78, 5) is 24.7. The quantitative estimate of drug-likeness (QED) is 0.502. The number of hydrogen-bond donors (Lipinski definition) is 1. The molecule has 3 aromatic carbocycles. The molecule has 1 fully saturated rings. The van der Waals surface area contributed by atoms with Crippen molar-refractivity contribution in [3.8, 4) is 0 Å². The second kappa shape index (κ2) is 8.28. The smallest absolute Gasteiger partial charge is 0.335 e. The molecule has 0 aromatic heterocycles. The molecule has 0 saturated heterocycles. The Balaban J connectivity index is 1.59. The van der Waals surface area contributed by atoms with Gasteiger partial charge in [0, 0.05) is 5.69 Å². The highest BCUT2D eigenvalue weighted by Gasteiger charge is 2.41. The van der Waals surface area contributed by atoms with Crippen molar-refractivity contribution in [3.05, 3.63) is 99.8 Å². The SMILES string of the molecule is O=CN(Cc1cccc(C(=O)O)c1)c1ccccc1C1CC1c1ccc(F)c(Cl)c1. The van der Waals surface area contributed by atoms with E-state index in [1.807, 2.05) is 24.3 Å². The number of carbonyl (C=O) groups is 2. The molecule has 6 heteroatoms. The molecule has 0 bridgehead atoms. The average Bonchev–Trinajstić information content (AvgIpc) is 3.55. The van der Waals surface area contributed by atoms with Crippen molar-refractivity contribution in [3.63, 3.8) is 0 Å². The van der Waals surface area contributed by atoms with Gasteiger partial charge in [-0.2, -0.15) is 0 Å². The lowest BCUT2D eigenvalue weighted by molar-refractivity contribution is -0.107. The fourth-order valence-electron chi connectivity index (χ4n) is 3.89. The number of aromatic carboxylic acids is 1. The van der Waals surface area contributed by atoms with E-state index < -0.39 is 11.8 Å². The molecule has 30 heavy (non-hydrogen) atoms. The summed E-state index contributed by atoms with van der Waals surface area (Å²) in [6.45, 7) is 0.265. The summed E-state index contributed by atoms with van der Waals surface area (Å²) < 4.78 is 13.5. The maximum Gasteiger partial charge on any atom is 0.335 e. The van der Waals surface area contributed by atoms with Crippen LogP contribution >= 0.6 is 11.6 Å². The molecule has 0 radical (unpaired) electrons. The van der Waals surface area contributed by atoms with E-state index >= 15 is 0 Å². The van der Waals surface area contributed by atoms with Crippen LogP contribution in [0.5, 0.6) is 0 Å². The van der Waals surface area contributed by atoms with Gasteiger partial charge < -0.3 is 10.0 Å². The lowest BCUT2D eigenvalue weighted by atomic mass is 10.0. The van der Waals surface area contributed by atoms with Gasteiger partial charge in [-0.3, -0.25) is 4.79 Å². The van der Waals surface area contributed by atoms with Crippen LogP contribution in [0.2, 0.25) is 5.02 Å². The van der Waals surface area contributed by atoms with E-state index in [4.69, 9.17) is 11.6 Å². The normalized spacial score (nSPS) is 17.4. The number of hydrogen-bond acceptors (Lipinski definition) is 2. The highest BCUT2D eigenvalue weighted by molar-refractivity contribution is 6.30. The summed E-state index contributed by atoms with van der Waals surface area (Å²) >= 11 is 5.94. The van der Waals surface area contributed by atoms with Crippen molar-refractivity contribution in [2.75, 3.05) is 4.90 Å². The van der Waals surface area contributed by atoms with E-state index in [9.17, 15) is 19.1 Å². The van der Waals surface area contributed by atoms with Crippen LogP contribution in [0.4, 0.5) is 10.1 Å². The molecule has 0 spiro atoms. The molecule has 1 saturated carbocycles. The first-order valence-corrected chi connectivity index (χ1v) is 9.93. The Labute approximate surface area is 178 Å². The van der Waals surface area contributed by atoms with E-state index in [0.717, 1.165) is 35.2 Å². The molecular formula is C24H19ClFNO3. The Morgan fingerprint density at radius 1 is 1.10 bits per heavy atom. The minimum absolute atomic E-state index is 0.110. The van der Waals surface area contributed by atoms with Gasteiger partial charge >= 0.3 is 5.97 Å². The molecule has 1 amide bonds. The first-order valence-electron chi connectivity index (χ1n) is 9.56. The zero-order valence-electron chi connectivity index (χ0n) is 16.0. The van der Waals surface area contributed by atoms with Crippen molar-refractivity contribution in [1.29, 1.82) is 0 Å². The third-order valence-electron chi connectivity index (χ3n) is 5.46. The fraction of sp³-hybridized carbons (Fsp3) is 0.167.